The molecule has 18 heavy (non-hydrogen) atoms. The molecule has 0 radical (unpaired) electrons. The number of Topliss-reactive ketones (excluding diaryl/α,β-unsaturated/α-hetero) is 1. The Labute approximate surface area is 106 Å². The summed E-state index contributed by atoms with van der Waals surface area (Å²) in [6.07, 6.45) is 6.16. The number of ketones is 1. The van der Waals surface area contributed by atoms with Gasteiger partial charge in [0.1, 0.15) is 5.82 Å². The van der Waals surface area contributed by atoms with Gasteiger partial charge < -0.3 is 0 Å². The zero-order chi connectivity index (χ0) is 12.5. The molecule has 3 nitrogen and oxygen atoms in total. The second kappa shape index (κ2) is 4.33. The van der Waals surface area contributed by atoms with Crippen molar-refractivity contribution in [1.29, 1.82) is 0 Å². The SMILES string of the molecule is CC(=O)c1ccc(-c2cnc(C3CC3)nc2)cc1. The van der Waals surface area contributed by atoms with Crippen LogP contribution in [0.15, 0.2) is 36.7 Å². The minimum atomic E-state index is 0.0851. The highest BCUT2D eigenvalue weighted by molar-refractivity contribution is 5.94. The molecule has 1 saturated carbocycles. The summed E-state index contributed by atoms with van der Waals surface area (Å²) in [6.45, 7) is 1.57. The Hall–Kier alpha value is -2.03. The van der Waals surface area contributed by atoms with Crippen molar-refractivity contribution in [2.45, 2.75) is 25.7 Å². The van der Waals surface area contributed by atoms with Gasteiger partial charge in [-0.25, -0.2) is 9.97 Å². The summed E-state index contributed by atoms with van der Waals surface area (Å²) in [5.74, 6) is 1.63. The highest BCUT2D eigenvalue weighted by atomic mass is 16.1. The standard InChI is InChI=1S/C15H14N2O/c1-10(18)11-2-4-12(5-3-11)14-8-16-15(17-9-14)13-6-7-13/h2-5,8-9,13H,6-7H2,1H3. The van der Waals surface area contributed by atoms with E-state index in [9.17, 15) is 4.79 Å². The van der Waals surface area contributed by atoms with Gasteiger partial charge in [-0.15, -0.1) is 0 Å². The van der Waals surface area contributed by atoms with E-state index in [4.69, 9.17) is 0 Å². The third kappa shape index (κ3) is 2.16. The van der Waals surface area contributed by atoms with Crippen molar-refractivity contribution in [2.75, 3.05) is 0 Å². The van der Waals surface area contributed by atoms with Crippen LogP contribution >= 0.6 is 0 Å². The normalized spacial score (nSPS) is 14.5. The molecule has 0 atom stereocenters. The van der Waals surface area contributed by atoms with Crippen LogP contribution in [-0.2, 0) is 0 Å². The maximum absolute atomic E-state index is 11.2. The molecule has 0 aliphatic heterocycles. The molecule has 1 heterocycles. The first-order valence-corrected chi connectivity index (χ1v) is 6.17. The van der Waals surface area contributed by atoms with Crippen LogP contribution in [0.4, 0.5) is 0 Å². The maximum Gasteiger partial charge on any atom is 0.159 e. The Balaban J connectivity index is 1.86. The third-order valence-corrected chi connectivity index (χ3v) is 3.24. The number of carbonyl (C=O) groups is 1. The van der Waals surface area contributed by atoms with Crippen LogP contribution in [0.25, 0.3) is 11.1 Å². The minimum absolute atomic E-state index is 0.0851. The van der Waals surface area contributed by atoms with E-state index in [1.807, 2.05) is 36.7 Å². The van der Waals surface area contributed by atoms with Gasteiger partial charge in [0.05, 0.1) is 0 Å². The first-order valence-electron chi connectivity index (χ1n) is 6.17. The van der Waals surface area contributed by atoms with Crippen molar-refractivity contribution in [3.05, 3.63) is 48.0 Å². The molecule has 1 aliphatic rings. The highest BCUT2D eigenvalue weighted by Gasteiger charge is 2.26. The summed E-state index contributed by atoms with van der Waals surface area (Å²) >= 11 is 0. The fourth-order valence-corrected chi connectivity index (χ4v) is 1.94. The van der Waals surface area contributed by atoms with Crippen molar-refractivity contribution >= 4 is 5.78 Å². The molecule has 90 valence electrons. The number of rotatable bonds is 3. The summed E-state index contributed by atoms with van der Waals surface area (Å²) in [4.78, 5) is 20.0. The first kappa shape index (κ1) is 11.1. The fourth-order valence-electron chi connectivity index (χ4n) is 1.94. The van der Waals surface area contributed by atoms with Gasteiger partial charge in [0, 0.05) is 29.4 Å². The van der Waals surface area contributed by atoms with Gasteiger partial charge in [-0.2, -0.15) is 0 Å². The summed E-state index contributed by atoms with van der Waals surface area (Å²) < 4.78 is 0. The van der Waals surface area contributed by atoms with Gasteiger partial charge in [-0.1, -0.05) is 24.3 Å². The minimum Gasteiger partial charge on any atom is -0.295 e. The van der Waals surface area contributed by atoms with Crippen molar-refractivity contribution in [1.82, 2.24) is 9.97 Å². The molecule has 1 aliphatic carbocycles. The Kier molecular flexibility index (Phi) is 2.67. The molecule has 0 unspecified atom stereocenters. The lowest BCUT2D eigenvalue weighted by molar-refractivity contribution is 0.101. The van der Waals surface area contributed by atoms with E-state index in [1.54, 1.807) is 6.92 Å². The van der Waals surface area contributed by atoms with Crippen LogP contribution in [0.1, 0.15) is 41.9 Å². The largest absolute Gasteiger partial charge is 0.295 e. The molecule has 1 fully saturated rings. The molecule has 1 aromatic carbocycles. The number of aromatic nitrogens is 2. The molecule has 3 rings (SSSR count). The van der Waals surface area contributed by atoms with Crippen LogP contribution in [0.3, 0.4) is 0 Å². The van der Waals surface area contributed by atoms with E-state index in [1.165, 1.54) is 12.8 Å². The quantitative estimate of drug-likeness (QED) is 0.771. The van der Waals surface area contributed by atoms with E-state index < -0.39 is 0 Å². The molecule has 0 amide bonds. The molecule has 0 saturated heterocycles. The van der Waals surface area contributed by atoms with E-state index in [0.29, 0.717) is 5.92 Å². The van der Waals surface area contributed by atoms with Crippen molar-refractivity contribution in [3.8, 4) is 11.1 Å². The lowest BCUT2D eigenvalue weighted by atomic mass is 10.1. The fraction of sp³-hybridized carbons (Fsp3) is 0.267. The molecular formula is C15H14N2O. The van der Waals surface area contributed by atoms with Gasteiger partial charge in [0.15, 0.2) is 5.78 Å². The highest BCUT2D eigenvalue weighted by Crippen LogP contribution is 2.37. The van der Waals surface area contributed by atoms with Crippen molar-refractivity contribution < 1.29 is 4.79 Å². The lowest BCUT2D eigenvalue weighted by Gasteiger charge is -2.03. The van der Waals surface area contributed by atoms with Crippen LogP contribution in [0.2, 0.25) is 0 Å². The van der Waals surface area contributed by atoms with Gasteiger partial charge in [-0.3, -0.25) is 4.79 Å². The first-order chi connectivity index (χ1) is 8.74. The maximum atomic E-state index is 11.2. The van der Waals surface area contributed by atoms with Crippen molar-refractivity contribution in [2.24, 2.45) is 0 Å². The Morgan fingerprint density at radius 3 is 2.17 bits per heavy atom. The topological polar surface area (TPSA) is 42.9 Å². The predicted molar refractivity (Wildman–Crippen MR) is 69.4 cm³/mol. The van der Waals surface area contributed by atoms with Crippen LogP contribution < -0.4 is 0 Å². The summed E-state index contributed by atoms with van der Waals surface area (Å²) in [7, 11) is 0. The Bertz CT molecular complexity index is 568. The third-order valence-electron chi connectivity index (χ3n) is 3.24. The molecule has 0 bridgehead atoms. The van der Waals surface area contributed by atoms with Gasteiger partial charge >= 0.3 is 0 Å². The Morgan fingerprint density at radius 2 is 1.67 bits per heavy atom. The second-order valence-electron chi connectivity index (χ2n) is 4.74. The van der Waals surface area contributed by atoms with Gasteiger partial charge in [0.2, 0.25) is 0 Å². The number of nitrogens with zero attached hydrogens (tertiary/aromatic N) is 2. The number of hydrogen-bond donors (Lipinski definition) is 0. The van der Waals surface area contributed by atoms with E-state index >= 15 is 0 Å². The van der Waals surface area contributed by atoms with E-state index in [-0.39, 0.29) is 5.78 Å². The average molecular weight is 238 g/mol. The lowest BCUT2D eigenvalue weighted by Crippen LogP contribution is -1.93. The van der Waals surface area contributed by atoms with Crippen LogP contribution in [-0.4, -0.2) is 15.8 Å². The van der Waals surface area contributed by atoms with Crippen LogP contribution in [0.5, 0.6) is 0 Å². The van der Waals surface area contributed by atoms with Crippen LogP contribution in [0, 0.1) is 0 Å². The van der Waals surface area contributed by atoms with Crippen molar-refractivity contribution in [3.63, 3.8) is 0 Å². The zero-order valence-electron chi connectivity index (χ0n) is 10.3. The van der Waals surface area contributed by atoms with E-state index in [2.05, 4.69) is 9.97 Å². The molecule has 1 aromatic heterocycles. The Morgan fingerprint density at radius 1 is 1.06 bits per heavy atom. The summed E-state index contributed by atoms with van der Waals surface area (Å²) in [6, 6.07) is 7.55. The molecular weight excluding hydrogens is 224 g/mol. The number of hydrogen-bond acceptors (Lipinski definition) is 3. The molecule has 3 heteroatoms. The summed E-state index contributed by atoms with van der Waals surface area (Å²) in [5, 5.41) is 0. The van der Waals surface area contributed by atoms with E-state index in [0.717, 1.165) is 22.5 Å². The smallest absolute Gasteiger partial charge is 0.159 e. The number of carbonyl (C=O) groups excluding carboxylic acids is 1. The molecule has 0 N–H and O–H groups in total. The predicted octanol–water partition coefficient (Wildman–Crippen LogP) is 3.22. The average Bonchev–Trinajstić information content (AvgIpc) is 3.23. The summed E-state index contributed by atoms with van der Waals surface area (Å²) in [5.41, 5.74) is 2.77. The molecule has 2 aromatic rings. The van der Waals surface area contributed by atoms with Gasteiger partial charge in [0.25, 0.3) is 0 Å². The van der Waals surface area contributed by atoms with Gasteiger partial charge in [-0.05, 0) is 25.3 Å². The second-order valence-corrected chi connectivity index (χ2v) is 4.74. The zero-order valence-corrected chi connectivity index (χ0v) is 10.3. The number of benzene rings is 1. The monoisotopic (exact) mass is 238 g/mol. The molecule has 0 spiro atoms.